The summed E-state index contributed by atoms with van der Waals surface area (Å²) in [5.41, 5.74) is 3.35. The molecule has 5 nitrogen and oxygen atoms in total. The molecule has 0 fully saturated rings. The highest BCUT2D eigenvalue weighted by molar-refractivity contribution is 8.00. The lowest BCUT2D eigenvalue weighted by molar-refractivity contribution is -0.116. The standard InChI is InChI=1S/C23H24N4OS2/c1-15-4-7-17(8-5-15)27(11-3-10-24)20(28)13-29-22-21-18-9-6-16(2)12-19(18)30-23(21)26-14-25-22/h4-5,7-8,14,16H,3,6,9,11-13H2,1-2H3/t16-/m1/s1. The van der Waals surface area contributed by atoms with Gasteiger partial charge in [-0.2, -0.15) is 5.26 Å². The van der Waals surface area contributed by atoms with Gasteiger partial charge in [0.1, 0.15) is 16.2 Å². The molecule has 7 heteroatoms. The predicted octanol–water partition coefficient (Wildman–Crippen LogP) is 5.16. The fourth-order valence-electron chi connectivity index (χ4n) is 3.85. The van der Waals surface area contributed by atoms with Crippen LogP contribution in [0.4, 0.5) is 5.69 Å². The number of rotatable bonds is 6. The van der Waals surface area contributed by atoms with Crippen LogP contribution in [0.2, 0.25) is 0 Å². The lowest BCUT2D eigenvalue weighted by Gasteiger charge is -2.22. The van der Waals surface area contributed by atoms with Crippen molar-refractivity contribution in [2.24, 2.45) is 5.92 Å². The second kappa shape index (κ2) is 9.15. The molecule has 0 spiro atoms. The van der Waals surface area contributed by atoms with Crippen LogP contribution in [0.25, 0.3) is 10.2 Å². The second-order valence-electron chi connectivity index (χ2n) is 7.79. The quantitative estimate of drug-likeness (QED) is 0.394. The summed E-state index contributed by atoms with van der Waals surface area (Å²) in [5.74, 6) is 0.981. The Morgan fingerprint density at radius 3 is 2.90 bits per heavy atom. The number of carbonyl (C=O) groups is 1. The molecular weight excluding hydrogens is 412 g/mol. The van der Waals surface area contributed by atoms with Crippen LogP contribution in [-0.4, -0.2) is 28.2 Å². The lowest BCUT2D eigenvalue weighted by atomic mass is 9.89. The molecule has 1 aliphatic carbocycles. The number of carbonyl (C=O) groups excluding carboxylic acids is 1. The number of anilines is 1. The largest absolute Gasteiger partial charge is 0.311 e. The van der Waals surface area contributed by atoms with E-state index in [4.69, 9.17) is 5.26 Å². The Morgan fingerprint density at radius 1 is 1.33 bits per heavy atom. The monoisotopic (exact) mass is 436 g/mol. The summed E-state index contributed by atoms with van der Waals surface area (Å²) < 4.78 is 0. The molecule has 1 aliphatic rings. The number of aromatic nitrogens is 2. The van der Waals surface area contributed by atoms with Crippen molar-refractivity contribution in [2.75, 3.05) is 17.2 Å². The number of hydrogen-bond donors (Lipinski definition) is 0. The maximum atomic E-state index is 13.1. The van der Waals surface area contributed by atoms with Gasteiger partial charge < -0.3 is 4.90 Å². The maximum Gasteiger partial charge on any atom is 0.237 e. The van der Waals surface area contributed by atoms with Gasteiger partial charge in [-0.15, -0.1) is 11.3 Å². The highest BCUT2D eigenvalue weighted by Gasteiger charge is 2.24. The Labute approximate surface area is 185 Å². The first-order valence-corrected chi connectivity index (χ1v) is 12.0. The number of thioether (sulfide) groups is 1. The summed E-state index contributed by atoms with van der Waals surface area (Å²) in [7, 11) is 0. The SMILES string of the molecule is Cc1ccc(N(CCC#N)C(=O)CSc2ncnc3sc4c(c23)CC[C@@H](C)C4)cc1. The van der Waals surface area contributed by atoms with E-state index in [1.165, 1.54) is 28.6 Å². The number of nitriles is 1. The Morgan fingerprint density at radius 2 is 2.13 bits per heavy atom. The van der Waals surface area contributed by atoms with Gasteiger partial charge >= 0.3 is 0 Å². The minimum absolute atomic E-state index is 0.0106. The number of fused-ring (bicyclic) bond motifs is 3. The van der Waals surface area contributed by atoms with Crippen molar-refractivity contribution in [1.29, 1.82) is 5.26 Å². The van der Waals surface area contributed by atoms with E-state index in [9.17, 15) is 4.79 Å². The topological polar surface area (TPSA) is 69.9 Å². The van der Waals surface area contributed by atoms with E-state index in [-0.39, 0.29) is 11.7 Å². The average molecular weight is 437 g/mol. The van der Waals surface area contributed by atoms with E-state index in [1.54, 1.807) is 22.6 Å². The van der Waals surface area contributed by atoms with Crippen molar-refractivity contribution >= 4 is 44.9 Å². The molecule has 1 amide bonds. The van der Waals surface area contributed by atoms with Gasteiger partial charge in [-0.25, -0.2) is 9.97 Å². The molecule has 30 heavy (non-hydrogen) atoms. The van der Waals surface area contributed by atoms with Gasteiger partial charge in [-0.3, -0.25) is 4.79 Å². The molecule has 0 N–H and O–H groups in total. The highest BCUT2D eigenvalue weighted by atomic mass is 32.2. The molecule has 0 aliphatic heterocycles. The molecule has 4 rings (SSSR count). The van der Waals surface area contributed by atoms with Gasteiger partial charge in [-0.1, -0.05) is 36.4 Å². The lowest BCUT2D eigenvalue weighted by Crippen LogP contribution is -2.33. The molecule has 3 aromatic rings. The van der Waals surface area contributed by atoms with Crippen molar-refractivity contribution in [3.8, 4) is 6.07 Å². The maximum absolute atomic E-state index is 13.1. The van der Waals surface area contributed by atoms with E-state index in [2.05, 4.69) is 23.0 Å². The fourth-order valence-corrected chi connectivity index (χ4v) is 6.16. The first-order chi connectivity index (χ1) is 14.6. The fraction of sp³-hybridized carbons (Fsp3) is 0.391. The molecule has 1 atom stereocenters. The van der Waals surface area contributed by atoms with Crippen molar-refractivity contribution in [2.45, 2.75) is 44.6 Å². The minimum atomic E-state index is -0.0106. The Hall–Kier alpha value is -2.43. The second-order valence-corrected chi connectivity index (χ2v) is 9.84. The zero-order valence-electron chi connectivity index (χ0n) is 17.2. The molecule has 0 saturated carbocycles. The van der Waals surface area contributed by atoms with Crippen LogP contribution in [-0.2, 0) is 17.6 Å². The van der Waals surface area contributed by atoms with Crippen LogP contribution in [0.1, 0.15) is 35.8 Å². The number of thiophene rings is 1. The van der Waals surface area contributed by atoms with Crippen LogP contribution >= 0.6 is 23.1 Å². The Kier molecular flexibility index (Phi) is 6.35. The molecule has 1 aromatic carbocycles. The summed E-state index contributed by atoms with van der Waals surface area (Å²) in [4.78, 5) is 26.2. The molecule has 2 aromatic heterocycles. The van der Waals surface area contributed by atoms with Crippen LogP contribution < -0.4 is 4.90 Å². The number of nitrogens with zero attached hydrogens (tertiary/aromatic N) is 4. The number of benzene rings is 1. The molecule has 2 heterocycles. The molecule has 0 bridgehead atoms. The van der Waals surface area contributed by atoms with Crippen molar-refractivity contribution in [3.05, 3.63) is 46.6 Å². The number of hydrogen-bond acceptors (Lipinski definition) is 6. The third-order valence-corrected chi connectivity index (χ3v) is 7.62. The van der Waals surface area contributed by atoms with E-state index in [0.29, 0.717) is 18.9 Å². The van der Waals surface area contributed by atoms with Gasteiger partial charge in [0, 0.05) is 22.5 Å². The summed E-state index contributed by atoms with van der Waals surface area (Å²) in [6, 6.07) is 10.0. The smallest absolute Gasteiger partial charge is 0.237 e. The van der Waals surface area contributed by atoms with Crippen molar-refractivity contribution < 1.29 is 4.79 Å². The normalized spacial score (nSPS) is 15.6. The van der Waals surface area contributed by atoms with E-state index in [1.807, 2.05) is 31.2 Å². The molecule has 0 unspecified atom stereocenters. The first kappa shape index (κ1) is 20.8. The molecule has 0 saturated heterocycles. The minimum Gasteiger partial charge on any atom is -0.311 e. The van der Waals surface area contributed by atoms with Gasteiger partial charge in [0.05, 0.1) is 18.2 Å². The zero-order chi connectivity index (χ0) is 21.1. The van der Waals surface area contributed by atoms with Crippen LogP contribution in [0.15, 0.2) is 35.6 Å². The predicted molar refractivity (Wildman–Crippen MR) is 123 cm³/mol. The Balaban J connectivity index is 1.55. The summed E-state index contributed by atoms with van der Waals surface area (Å²) in [6.45, 7) is 4.71. The first-order valence-electron chi connectivity index (χ1n) is 10.2. The van der Waals surface area contributed by atoms with E-state index < -0.39 is 0 Å². The molecular formula is C23H24N4OS2. The summed E-state index contributed by atoms with van der Waals surface area (Å²) >= 11 is 3.25. The van der Waals surface area contributed by atoms with Crippen molar-refractivity contribution in [3.63, 3.8) is 0 Å². The zero-order valence-corrected chi connectivity index (χ0v) is 18.9. The van der Waals surface area contributed by atoms with Gasteiger partial charge in [0.25, 0.3) is 0 Å². The van der Waals surface area contributed by atoms with E-state index in [0.717, 1.165) is 39.3 Å². The third kappa shape index (κ3) is 4.35. The number of aryl methyl sites for hydroxylation is 2. The van der Waals surface area contributed by atoms with Crippen molar-refractivity contribution in [1.82, 2.24) is 9.97 Å². The van der Waals surface area contributed by atoms with Crippen LogP contribution in [0.3, 0.4) is 0 Å². The van der Waals surface area contributed by atoms with Gasteiger partial charge in [0.15, 0.2) is 0 Å². The number of amides is 1. The molecule has 154 valence electrons. The van der Waals surface area contributed by atoms with Crippen LogP contribution in [0.5, 0.6) is 0 Å². The Bertz CT molecular complexity index is 1100. The molecule has 0 radical (unpaired) electrons. The summed E-state index contributed by atoms with van der Waals surface area (Å²) in [5, 5.41) is 11.0. The van der Waals surface area contributed by atoms with Gasteiger partial charge in [0.2, 0.25) is 5.91 Å². The van der Waals surface area contributed by atoms with Crippen LogP contribution in [0, 0.1) is 24.2 Å². The van der Waals surface area contributed by atoms with Gasteiger partial charge in [-0.05, 0) is 49.8 Å². The highest BCUT2D eigenvalue weighted by Crippen LogP contribution is 2.40. The van der Waals surface area contributed by atoms with E-state index >= 15 is 0 Å². The average Bonchev–Trinajstić information content (AvgIpc) is 3.11. The summed E-state index contributed by atoms with van der Waals surface area (Å²) in [6.07, 6.45) is 5.26. The third-order valence-electron chi connectivity index (χ3n) is 5.48.